The van der Waals surface area contributed by atoms with Crippen LogP contribution in [0.2, 0.25) is 0 Å². The molecule has 0 bridgehead atoms. The van der Waals surface area contributed by atoms with Crippen molar-refractivity contribution in [1.29, 1.82) is 0 Å². The van der Waals surface area contributed by atoms with Crippen LogP contribution in [0.1, 0.15) is 6.42 Å². The molecule has 5 rings (SSSR count). The van der Waals surface area contributed by atoms with Crippen molar-refractivity contribution in [2.75, 3.05) is 25.0 Å². The SMILES string of the molecule is CN[C@@H]1CCN(c2ccc3nc(-c4ccc(P)cc4)n(-c4ccncc4)c3n2)C1. The number of pyridine rings is 2. The number of benzene rings is 1. The summed E-state index contributed by atoms with van der Waals surface area (Å²) in [7, 11) is 4.75. The summed E-state index contributed by atoms with van der Waals surface area (Å²) in [5.41, 5.74) is 3.82. The molecule has 1 unspecified atom stereocenters. The van der Waals surface area contributed by atoms with Gasteiger partial charge in [0, 0.05) is 37.1 Å². The number of anilines is 1. The molecule has 2 atom stereocenters. The van der Waals surface area contributed by atoms with Gasteiger partial charge in [-0.2, -0.15) is 0 Å². The van der Waals surface area contributed by atoms with E-state index in [1.807, 2.05) is 19.2 Å². The Kier molecular flexibility index (Phi) is 4.74. The minimum absolute atomic E-state index is 0.513. The van der Waals surface area contributed by atoms with Crippen LogP contribution in [-0.4, -0.2) is 45.7 Å². The molecule has 0 radical (unpaired) electrons. The molecular weight excluding hydrogens is 379 g/mol. The van der Waals surface area contributed by atoms with Crippen LogP contribution in [0.5, 0.6) is 0 Å². The van der Waals surface area contributed by atoms with Crippen molar-refractivity contribution in [3.8, 4) is 17.1 Å². The fourth-order valence-electron chi connectivity index (χ4n) is 3.89. The molecule has 1 fully saturated rings. The van der Waals surface area contributed by atoms with Crippen molar-refractivity contribution in [3.63, 3.8) is 0 Å². The lowest BCUT2D eigenvalue weighted by Crippen LogP contribution is -2.29. The van der Waals surface area contributed by atoms with E-state index in [4.69, 9.17) is 9.97 Å². The van der Waals surface area contributed by atoms with Crippen molar-refractivity contribution in [2.24, 2.45) is 0 Å². The van der Waals surface area contributed by atoms with Crippen LogP contribution in [-0.2, 0) is 0 Å². The minimum atomic E-state index is 0.513. The van der Waals surface area contributed by atoms with Gasteiger partial charge in [0.25, 0.3) is 0 Å². The zero-order valence-corrected chi connectivity index (χ0v) is 17.4. The Morgan fingerprint density at radius 2 is 1.79 bits per heavy atom. The van der Waals surface area contributed by atoms with E-state index in [2.05, 4.69) is 65.4 Å². The first-order chi connectivity index (χ1) is 14.2. The van der Waals surface area contributed by atoms with E-state index < -0.39 is 0 Å². The van der Waals surface area contributed by atoms with Crippen LogP contribution in [0.15, 0.2) is 60.9 Å². The summed E-state index contributed by atoms with van der Waals surface area (Å²) in [4.78, 5) is 16.5. The van der Waals surface area contributed by atoms with E-state index in [1.165, 1.54) is 0 Å². The van der Waals surface area contributed by atoms with Gasteiger partial charge in [-0.05, 0) is 43.0 Å². The number of imidazole rings is 1. The number of rotatable bonds is 4. The molecule has 29 heavy (non-hydrogen) atoms. The van der Waals surface area contributed by atoms with Gasteiger partial charge in [-0.1, -0.05) is 24.3 Å². The number of hydrogen-bond acceptors (Lipinski definition) is 5. The van der Waals surface area contributed by atoms with Crippen LogP contribution in [0.3, 0.4) is 0 Å². The summed E-state index contributed by atoms with van der Waals surface area (Å²) in [6.07, 6.45) is 4.74. The first-order valence-corrected chi connectivity index (χ1v) is 10.4. The number of nitrogens with one attached hydrogen (secondary N) is 1. The van der Waals surface area contributed by atoms with Gasteiger partial charge in [-0.25, -0.2) is 9.97 Å². The Balaban J connectivity index is 1.68. The number of nitrogens with zero attached hydrogens (tertiary/aromatic N) is 5. The largest absolute Gasteiger partial charge is 0.355 e. The fourth-order valence-corrected chi connectivity index (χ4v) is 4.08. The van der Waals surface area contributed by atoms with E-state index in [0.29, 0.717) is 6.04 Å². The van der Waals surface area contributed by atoms with Crippen LogP contribution >= 0.6 is 9.24 Å². The molecule has 6 nitrogen and oxygen atoms in total. The normalized spacial score (nSPS) is 16.6. The van der Waals surface area contributed by atoms with Gasteiger partial charge in [0.05, 0.1) is 5.69 Å². The Morgan fingerprint density at radius 3 is 2.52 bits per heavy atom. The van der Waals surface area contributed by atoms with Gasteiger partial charge in [0.1, 0.15) is 17.2 Å². The predicted octanol–water partition coefficient (Wildman–Crippen LogP) is 2.78. The predicted molar refractivity (Wildman–Crippen MR) is 121 cm³/mol. The maximum atomic E-state index is 5.04. The average molecular weight is 402 g/mol. The molecule has 4 heterocycles. The molecule has 1 N–H and O–H groups in total. The van der Waals surface area contributed by atoms with E-state index in [0.717, 1.165) is 58.9 Å². The van der Waals surface area contributed by atoms with Gasteiger partial charge >= 0.3 is 0 Å². The molecule has 0 aliphatic carbocycles. The Morgan fingerprint density at radius 1 is 1.00 bits per heavy atom. The summed E-state index contributed by atoms with van der Waals surface area (Å²) in [5, 5.41) is 4.52. The molecule has 0 amide bonds. The molecule has 3 aromatic heterocycles. The standard InChI is InChI=1S/C22H23N6P/c1-23-16-10-13-27(14-16)20-7-6-19-22(26-20)28(17-8-11-24-12-9-17)21(25-19)15-2-4-18(29)5-3-15/h2-9,11-12,16,23H,10,13-14,29H2,1H3/t16-/m1/s1. The van der Waals surface area contributed by atoms with Crippen molar-refractivity contribution >= 4 is 31.5 Å². The Labute approximate surface area is 172 Å². The number of aromatic nitrogens is 4. The lowest BCUT2D eigenvalue weighted by molar-refractivity contribution is 0.616. The lowest BCUT2D eigenvalue weighted by Gasteiger charge is -2.17. The summed E-state index contributed by atoms with van der Waals surface area (Å²) in [5.74, 6) is 1.88. The third kappa shape index (κ3) is 3.39. The van der Waals surface area contributed by atoms with Gasteiger partial charge < -0.3 is 10.2 Å². The van der Waals surface area contributed by atoms with Crippen LogP contribution < -0.4 is 15.5 Å². The second-order valence-corrected chi connectivity index (χ2v) is 8.00. The second kappa shape index (κ2) is 7.54. The quantitative estimate of drug-likeness (QED) is 0.532. The van der Waals surface area contributed by atoms with Crippen LogP contribution in [0, 0.1) is 0 Å². The van der Waals surface area contributed by atoms with E-state index >= 15 is 0 Å². The third-order valence-electron chi connectivity index (χ3n) is 5.50. The topological polar surface area (TPSA) is 58.9 Å². The highest BCUT2D eigenvalue weighted by atomic mass is 31.0. The number of hydrogen-bond donors (Lipinski definition) is 1. The zero-order chi connectivity index (χ0) is 19.8. The monoisotopic (exact) mass is 402 g/mol. The molecule has 146 valence electrons. The maximum absolute atomic E-state index is 5.04. The summed E-state index contributed by atoms with van der Waals surface area (Å²) < 4.78 is 2.13. The molecule has 0 spiro atoms. The first-order valence-electron chi connectivity index (χ1n) is 9.81. The third-order valence-corrected chi connectivity index (χ3v) is 5.88. The van der Waals surface area contributed by atoms with Crippen LogP contribution in [0.4, 0.5) is 5.82 Å². The first kappa shape index (κ1) is 18.2. The second-order valence-electron chi connectivity index (χ2n) is 7.33. The summed E-state index contributed by atoms with van der Waals surface area (Å²) in [6, 6.07) is 17.0. The smallest absolute Gasteiger partial charge is 0.167 e. The highest BCUT2D eigenvalue weighted by molar-refractivity contribution is 7.27. The fraction of sp³-hybridized carbons (Fsp3) is 0.227. The molecule has 1 aliphatic heterocycles. The Bertz CT molecular complexity index is 1140. The van der Waals surface area contributed by atoms with Gasteiger partial charge in [0.15, 0.2) is 5.65 Å². The number of fused-ring (bicyclic) bond motifs is 1. The maximum Gasteiger partial charge on any atom is 0.167 e. The summed E-state index contributed by atoms with van der Waals surface area (Å²) in [6.45, 7) is 1.98. The van der Waals surface area contributed by atoms with Gasteiger partial charge in [-0.3, -0.25) is 9.55 Å². The van der Waals surface area contributed by atoms with Crippen LogP contribution in [0.25, 0.3) is 28.2 Å². The van der Waals surface area contributed by atoms with Gasteiger partial charge in [0.2, 0.25) is 0 Å². The lowest BCUT2D eigenvalue weighted by atomic mass is 10.2. The van der Waals surface area contributed by atoms with Crippen molar-refractivity contribution in [1.82, 2.24) is 24.8 Å². The molecule has 0 saturated carbocycles. The van der Waals surface area contributed by atoms with Gasteiger partial charge in [-0.15, -0.1) is 9.24 Å². The Hall–Kier alpha value is -2.82. The van der Waals surface area contributed by atoms with E-state index in [1.54, 1.807) is 12.4 Å². The zero-order valence-electron chi connectivity index (χ0n) is 16.3. The molecule has 1 aromatic carbocycles. The number of likely N-dealkylation sites (N-methyl/N-ethyl adjacent to an activating group) is 1. The molecule has 4 aromatic rings. The van der Waals surface area contributed by atoms with Crippen molar-refractivity contribution in [3.05, 3.63) is 60.9 Å². The molecular formula is C22H23N6P. The molecule has 1 aliphatic rings. The highest BCUT2D eigenvalue weighted by Crippen LogP contribution is 2.29. The molecule has 1 saturated heterocycles. The molecule has 7 heteroatoms. The van der Waals surface area contributed by atoms with Crippen molar-refractivity contribution in [2.45, 2.75) is 12.5 Å². The minimum Gasteiger partial charge on any atom is -0.355 e. The van der Waals surface area contributed by atoms with Crippen molar-refractivity contribution < 1.29 is 0 Å². The highest BCUT2D eigenvalue weighted by Gasteiger charge is 2.23. The van der Waals surface area contributed by atoms with E-state index in [9.17, 15) is 0 Å². The average Bonchev–Trinajstić information content (AvgIpc) is 3.39. The summed E-state index contributed by atoms with van der Waals surface area (Å²) >= 11 is 0. The van der Waals surface area contributed by atoms with E-state index in [-0.39, 0.29) is 0 Å².